The Labute approximate surface area is 116 Å². The first-order valence-corrected chi connectivity index (χ1v) is 6.67. The third-order valence-electron chi connectivity index (χ3n) is 2.91. The quantitative estimate of drug-likeness (QED) is 0.557. The van der Waals surface area contributed by atoms with Crippen LogP contribution in [-0.4, -0.2) is 37.5 Å². The SMILES string of the molecule is COCCN(Cc1ccc(C(=N)N)cc1)CC(C)C. The van der Waals surface area contributed by atoms with Crippen molar-refractivity contribution in [2.24, 2.45) is 11.7 Å². The fourth-order valence-corrected chi connectivity index (χ4v) is 2.02. The summed E-state index contributed by atoms with van der Waals surface area (Å²) < 4.78 is 5.16. The Morgan fingerprint density at radius 3 is 2.42 bits per heavy atom. The second kappa shape index (κ2) is 7.92. The summed E-state index contributed by atoms with van der Waals surface area (Å²) >= 11 is 0. The molecule has 0 aliphatic heterocycles. The number of nitrogens with one attached hydrogen (secondary N) is 1. The molecule has 4 nitrogen and oxygen atoms in total. The highest BCUT2D eigenvalue weighted by atomic mass is 16.5. The molecule has 106 valence electrons. The Kier molecular flexibility index (Phi) is 6.53. The van der Waals surface area contributed by atoms with Gasteiger partial charge < -0.3 is 10.5 Å². The molecular formula is C15H25N3O. The Balaban J connectivity index is 2.63. The average Bonchev–Trinajstić information content (AvgIpc) is 2.36. The molecule has 0 bridgehead atoms. The highest BCUT2D eigenvalue weighted by Crippen LogP contribution is 2.09. The van der Waals surface area contributed by atoms with Crippen LogP contribution in [0.25, 0.3) is 0 Å². The van der Waals surface area contributed by atoms with Gasteiger partial charge in [0.25, 0.3) is 0 Å². The lowest BCUT2D eigenvalue weighted by atomic mass is 10.1. The summed E-state index contributed by atoms with van der Waals surface area (Å²) in [4.78, 5) is 2.39. The predicted octanol–water partition coefficient (Wildman–Crippen LogP) is 2.08. The number of hydrogen-bond donors (Lipinski definition) is 2. The van der Waals surface area contributed by atoms with Crippen molar-refractivity contribution < 1.29 is 4.74 Å². The second-order valence-electron chi connectivity index (χ2n) is 5.23. The van der Waals surface area contributed by atoms with Gasteiger partial charge in [-0.05, 0) is 11.5 Å². The van der Waals surface area contributed by atoms with Crippen LogP contribution in [0.5, 0.6) is 0 Å². The van der Waals surface area contributed by atoms with Gasteiger partial charge in [0.05, 0.1) is 6.61 Å². The summed E-state index contributed by atoms with van der Waals surface area (Å²) in [6, 6.07) is 7.89. The molecule has 0 radical (unpaired) electrons. The topological polar surface area (TPSA) is 62.3 Å². The first-order chi connectivity index (χ1) is 9.02. The lowest BCUT2D eigenvalue weighted by molar-refractivity contribution is 0.136. The molecule has 0 aliphatic carbocycles. The standard InChI is InChI=1S/C15H25N3O/c1-12(2)10-18(8-9-19-3)11-13-4-6-14(7-5-13)15(16)17/h4-7,12H,8-11H2,1-3H3,(H3,16,17). The van der Waals surface area contributed by atoms with Gasteiger partial charge in [0.2, 0.25) is 0 Å². The Hall–Kier alpha value is -1.39. The van der Waals surface area contributed by atoms with E-state index < -0.39 is 0 Å². The van der Waals surface area contributed by atoms with Crippen molar-refractivity contribution in [1.82, 2.24) is 4.90 Å². The van der Waals surface area contributed by atoms with E-state index in [1.807, 2.05) is 24.3 Å². The molecule has 0 saturated heterocycles. The molecule has 0 heterocycles. The van der Waals surface area contributed by atoms with Gasteiger partial charge in [-0.3, -0.25) is 10.3 Å². The summed E-state index contributed by atoms with van der Waals surface area (Å²) in [6.07, 6.45) is 0. The molecule has 0 atom stereocenters. The molecule has 0 spiro atoms. The molecular weight excluding hydrogens is 238 g/mol. The van der Waals surface area contributed by atoms with Crippen LogP contribution in [0.2, 0.25) is 0 Å². The number of amidine groups is 1. The first-order valence-electron chi connectivity index (χ1n) is 6.67. The second-order valence-corrected chi connectivity index (χ2v) is 5.23. The van der Waals surface area contributed by atoms with Crippen LogP contribution in [0, 0.1) is 11.3 Å². The smallest absolute Gasteiger partial charge is 0.122 e. The van der Waals surface area contributed by atoms with E-state index in [0.717, 1.165) is 31.8 Å². The van der Waals surface area contributed by atoms with E-state index in [4.69, 9.17) is 15.9 Å². The van der Waals surface area contributed by atoms with E-state index in [1.165, 1.54) is 5.56 Å². The number of methoxy groups -OCH3 is 1. The first kappa shape index (κ1) is 15.7. The lowest BCUT2D eigenvalue weighted by Crippen LogP contribution is -2.30. The normalized spacial score (nSPS) is 11.2. The van der Waals surface area contributed by atoms with E-state index >= 15 is 0 Å². The van der Waals surface area contributed by atoms with Crippen molar-refractivity contribution in [2.45, 2.75) is 20.4 Å². The van der Waals surface area contributed by atoms with Crippen LogP contribution in [0.3, 0.4) is 0 Å². The summed E-state index contributed by atoms with van der Waals surface area (Å²) in [5.74, 6) is 0.748. The van der Waals surface area contributed by atoms with Crippen LogP contribution in [0.1, 0.15) is 25.0 Å². The predicted molar refractivity (Wildman–Crippen MR) is 79.4 cm³/mol. The van der Waals surface area contributed by atoms with E-state index in [2.05, 4.69) is 18.7 Å². The maximum Gasteiger partial charge on any atom is 0.122 e. The zero-order valence-electron chi connectivity index (χ0n) is 12.1. The van der Waals surface area contributed by atoms with E-state index in [-0.39, 0.29) is 5.84 Å². The number of nitrogen functional groups attached to an aromatic ring is 1. The minimum absolute atomic E-state index is 0.116. The Bertz CT molecular complexity index is 387. The van der Waals surface area contributed by atoms with Crippen molar-refractivity contribution in [2.75, 3.05) is 26.8 Å². The molecule has 3 N–H and O–H groups in total. The lowest BCUT2D eigenvalue weighted by Gasteiger charge is -2.24. The van der Waals surface area contributed by atoms with Crippen LogP contribution in [0.15, 0.2) is 24.3 Å². The van der Waals surface area contributed by atoms with E-state index in [0.29, 0.717) is 5.92 Å². The van der Waals surface area contributed by atoms with Gasteiger partial charge in [-0.1, -0.05) is 38.1 Å². The van der Waals surface area contributed by atoms with Gasteiger partial charge in [-0.25, -0.2) is 0 Å². The third kappa shape index (κ3) is 5.85. The number of hydrogen-bond acceptors (Lipinski definition) is 3. The maximum absolute atomic E-state index is 7.38. The monoisotopic (exact) mass is 263 g/mol. The highest BCUT2D eigenvalue weighted by molar-refractivity contribution is 5.94. The van der Waals surface area contributed by atoms with Crippen molar-refractivity contribution in [3.8, 4) is 0 Å². The van der Waals surface area contributed by atoms with Crippen LogP contribution in [0.4, 0.5) is 0 Å². The summed E-state index contributed by atoms with van der Waals surface area (Å²) in [5.41, 5.74) is 7.46. The number of nitrogens with zero attached hydrogens (tertiary/aromatic N) is 1. The number of benzene rings is 1. The fourth-order valence-electron chi connectivity index (χ4n) is 2.02. The molecule has 19 heavy (non-hydrogen) atoms. The molecule has 0 aromatic heterocycles. The molecule has 4 heteroatoms. The summed E-state index contributed by atoms with van der Waals surface area (Å²) in [7, 11) is 1.73. The third-order valence-corrected chi connectivity index (χ3v) is 2.91. The molecule has 1 aromatic rings. The minimum Gasteiger partial charge on any atom is -0.384 e. The zero-order valence-corrected chi connectivity index (χ0v) is 12.1. The number of rotatable bonds is 8. The molecule has 0 amide bonds. The molecule has 1 aromatic carbocycles. The van der Waals surface area contributed by atoms with Crippen molar-refractivity contribution in [1.29, 1.82) is 5.41 Å². The van der Waals surface area contributed by atoms with Gasteiger partial charge in [0.1, 0.15) is 5.84 Å². The number of ether oxygens (including phenoxy) is 1. The Morgan fingerprint density at radius 2 is 1.95 bits per heavy atom. The molecule has 0 unspecified atom stereocenters. The molecule has 0 saturated carbocycles. The van der Waals surface area contributed by atoms with Crippen LogP contribution in [-0.2, 0) is 11.3 Å². The number of nitrogens with two attached hydrogens (primary N) is 1. The van der Waals surface area contributed by atoms with E-state index in [9.17, 15) is 0 Å². The summed E-state index contributed by atoms with van der Waals surface area (Å²) in [5, 5.41) is 7.38. The van der Waals surface area contributed by atoms with Gasteiger partial charge in [-0.2, -0.15) is 0 Å². The molecule has 0 fully saturated rings. The molecule has 1 rings (SSSR count). The largest absolute Gasteiger partial charge is 0.384 e. The highest BCUT2D eigenvalue weighted by Gasteiger charge is 2.08. The van der Waals surface area contributed by atoms with E-state index in [1.54, 1.807) is 7.11 Å². The van der Waals surface area contributed by atoms with Crippen molar-refractivity contribution in [3.05, 3.63) is 35.4 Å². The van der Waals surface area contributed by atoms with Gasteiger partial charge in [-0.15, -0.1) is 0 Å². The maximum atomic E-state index is 7.38. The van der Waals surface area contributed by atoms with Crippen molar-refractivity contribution >= 4 is 5.84 Å². The fraction of sp³-hybridized carbons (Fsp3) is 0.533. The minimum atomic E-state index is 0.116. The van der Waals surface area contributed by atoms with Gasteiger partial charge >= 0.3 is 0 Å². The van der Waals surface area contributed by atoms with Crippen LogP contribution >= 0.6 is 0 Å². The average molecular weight is 263 g/mol. The zero-order chi connectivity index (χ0) is 14.3. The van der Waals surface area contributed by atoms with Gasteiger partial charge in [0, 0.05) is 32.3 Å². The van der Waals surface area contributed by atoms with Crippen molar-refractivity contribution in [3.63, 3.8) is 0 Å². The van der Waals surface area contributed by atoms with Gasteiger partial charge in [0.15, 0.2) is 0 Å². The Morgan fingerprint density at radius 1 is 1.32 bits per heavy atom. The van der Waals surface area contributed by atoms with Crippen LogP contribution < -0.4 is 5.73 Å². The summed E-state index contributed by atoms with van der Waals surface area (Å²) in [6.45, 7) is 8.08. The molecule has 0 aliphatic rings.